The second kappa shape index (κ2) is 45.4. The summed E-state index contributed by atoms with van der Waals surface area (Å²) >= 11 is 1.66. The lowest BCUT2D eigenvalue weighted by Gasteiger charge is -2.32. The van der Waals surface area contributed by atoms with Gasteiger partial charge in [-0.3, -0.25) is 37.9 Å². The maximum absolute atomic E-state index is 12.4. The Labute approximate surface area is 717 Å². The molecule has 21 heteroatoms. The van der Waals surface area contributed by atoms with Crippen LogP contribution in [-0.4, -0.2) is 179 Å². The lowest BCUT2D eigenvalue weighted by atomic mass is 9.86. The van der Waals surface area contributed by atoms with E-state index in [0.29, 0.717) is 32.7 Å². The highest BCUT2D eigenvalue weighted by molar-refractivity contribution is 7.12. The summed E-state index contributed by atoms with van der Waals surface area (Å²) in [5.41, 5.74) is 16.0. The number of benzene rings is 3. The number of morpholine rings is 2. The molecule has 0 saturated carbocycles. The van der Waals surface area contributed by atoms with Gasteiger partial charge < -0.3 is 28.7 Å². The van der Waals surface area contributed by atoms with Gasteiger partial charge in [-0.05, 0) is 137 Å². The summed E-state index contributed by atoms with van der Waals surface area (Å²) in [4.78, 5) is 53.5. The normalized spacial score (nSPS) is 14.3. The van der Waals surface area contributed by atoms with Crippen molar-refractivity contribution in [2.24, 2.45) is 14.1 Å². The number of aromatic nitrogens is 10. The molecule has 9 heterocycles. The highest BCUT2D eigenvalue weighted by Gasteiger charge is 2.27. The van der Waals surface area contributed by atoms with Crippen molar-refractivity contribution in [1.82, 2.24) is 68.6 Å². The molecule has 0 N–H and O–H groups in total. The molecule has 0 bridgehead atoms. The Balaban J connectivity index is 0.000000351. The van der Waals surface area contributed by atoms with Gasteiger partial charge in [-0.15, -0.1) is 11.3 Å². The van der Waals surface area contributed by atoms with Gasteiger partial charge in [0.05, 0.1) is 62.4 Å². The Hall–Kier alpha value is -8.21. The summed E-state index contributed by atoms with van der Waals surface area (Å²) in [6.45, 7) is 74.6. The van der Waals surface area contributed by atoms with Gasteiger partial charge >= 0.3 is 0 Å². The molecule has 3 fully saturated rings. The lowest BCUT2D eigenvalue weighted by Crippen LogP contribution is -2.47. The summed E-state index contributed by atoms with van der Waals surface area (Å²) in [5.74, 6) is 2.44. The first-order valence-electron chi connectivity index (χ1n) is 41.6. The van der Waals surface area contributed by atoms with Gasteiger partial charge in [0.2, 0.25) is 0 Å². The van der Waals surface area contributed by atoms with Crippen molar-refractivity contribution in [3.8, 4) is 5.13 Å². The Morgan fingerprint density at radius 1 is 0.466 bits per heavy atom. The smallest absolute Gasteiger partial charge is 0.254 e. The Morgan fingerprint density at radius 3 is 1.24 bits per heavy atom. The van der Waals surface area contributed by atoms with E-state index in [1.165, 1.54) is 38.9 Å². The van der Waals surface area contributed by atoms with Gasteiger partial charge in [0.25, 0.3) is 11.8 Å². The fourth-order valence-electron chi connectivity index (χ4n) is 12.8. The number of amides is 2. The van der Waals surface area contributed by atoms with Crippen LogP contribution in [0.25, 0.3) is 5.13 Å². The van der Waals surface area contributed by atoms with Crippen molar-refractivity contribution < 1.29 is 28.4 Å². The number of thiazole rings is 1. The predicted molar refractivity (Wildman–Crippen MR) is 492 cm³/mol. The molecule has 12 rings (SSSR count). The number of carbonyl (C=O) groups is 3. The second-order valence-electron chi connectivity index (χ2n) is 39.1. The molecular weight excluding hydrogens is 1490 g/mol. The van der Waals surface area contributed by atoms with E-state index >= 15 is 0 Å². The standard InChI is InChI=1S/C16H24N2O.C15H21NO2.C14H20O.C13H23N3O.C11H15N3S.C9H16N2.C9H15NO.C8H14N2.2CH4/c1-16(2,3)14-7-5-13(6-8-14)15(19)18-11-9-17(4)10-12-18;1-15(2,3)13-6-4-12(5-7-13)14(17)16-8-10-18-11-9-16;1-5-6-13(15)11-7-9-12(10-8-11)14(2,3)4;1-13(2,3)12-10-14-16(11-12)5-4-15-6-8-17-9-7-15;1-8-12-5-6-14(8)10-13-9(7-15-10)11(2,3)4;1-7-8(9(2,3)4)6-11(5)10-7;1-6-8(9(3,4)5)7(2)11-10-6;1-8(2,3)7-5-9-10(4)6-7;;/h5-8H,9-12H2,1-4H3;4-7H,8-11H2,1-3H3;7-10H,5-6H2,1-4H3;10-11H,4-9H2,1-3H3;5-7H,1-4H3;6H,1-5H3;1-5H3;5-6H,1-4H3;2*1H4. The number of imidazole rings is 1. The molecule has 0 aliphatic carbocycles. The van der Waals surface area contributed by atoms with E-state index < -0.39 is 0 Å². The molecule has 3 aromatic carbocycles. The van der Waals surface area contributed by atoms with Crippen molar-refractivity contribution in [3.05, 3.63) is 206 Å². The molecule has 20 nitrogen and oxygen atoms in total. The van der Waals surface area contributed by atoms with Gasteiger partial charge in [0, 0.05) is 143 Å². The second-order valence-corrected chi connectivity index (χ2v) is 40.0. The average Bonchev–Trinajstić information content (AvgIpc) is 1.57. The number of piperazine rings is 1. The monoisotopic (exact) mass is 1650 g/mol. The predicted octanol–water partition coefficient (Wildman–Crippen LogP) is 20.8. The average molecular weight is 1650 g/mol. The van der Waals surface area contributed by atoms with Crippen LogP contribution < -0.4 is 0 Å². The lowest BCUT2D eigenvalue weighted by molar-refractivity contribution is 0.0303. The van der Waals surface area contributed by atoms with Crippen LogP contribution in [0.1, 0.15) is 299 Å². The van der Waals surface area contributed by atoms with Crippen LogP contribution in [0.3, 0.4) is 0 Å². The summed E-state index contributed by atoms with van der Waals surface area (Å²) in [6.07, 6.45) is 15.5. The summed E-state index contributed by atoms with van der Waals surface area (Å²) < 4.78 is 23.4. The molecule has 0 unspecified atom stereocenters. The maximum atomic E-state index is 12.4. The van der Waals surface area contributed by atoms with Crippen molar-refractivity contribution >= 4 is 28.9 Å². The number of ketones is 1. The van der Waals surface area contributed by atoms with Crippen LogP contribution in [0.4, 0.5) is 0 Å². The molecule has 9 aromatic rings. The number of rotatable bonds is 9. The van der Waals surface area contributed by atoms with E-state index in [4.69, 9.17) is 14.0 Å². The van der Waals surface area contributed by atoms with Gasteiger partial charge in [-0.25, -0.2) is 9.97 Å². The number of ether oxygens (including phenoxy) is 2. The van der Waals surface area contributed by atoms with E-state index in [0.717, 1.165) is 122 Å². The number of aryl methyl sites for hydroxylation is 6. The van der Waals surface area contributed by atoms with Gasteiger partial charge in [-0.2, -0.15) is 15.3 Å². The maximum Gasteiger partial charge on any atom is 0.254 e. The zero-order chi connectivity index (χ0) is 87.1. The van der Waals surface area contributed by atoms with Crippen molar-refractivity contribution in [3.63, 3.8) is 0 Å². The molecule has 3 aliphatic heterocycles. The number of Topliss-reactive ketones (excluding diaryl/α,β-unsaturated/α-hetero) is 1. The summed E-state index contributed by atoms with van der Waals surface area (Å²) in [7, 11) is 6.00. The fraction of sp³-hybridized carbons (Fsp3) is 0.598. The Bertz CT molecular complexity index is 4380. The highest BCUT2D eigenvalue weighted by Crippen LogP contribution is 2.31. The number of nitrogens with zero attached hydrogens (tertiary/aromatic N) is 14. The van der Waals surface area contributed by atoms with Gasteiger partial charge in [0.1, 0.15) is 11.6 Å². The van der Waals surface area contributed by atoms with Crippen LogP contribution in [0.15, 0.2) is 126 Å². The van der Waals surface area contributed by atoms with E-state index in [2.05, 4.69) is 273 Å². The Morgan fingerprint density at radius 2 is 0.907 bits per heavy atom. The van der Waals surface area contributed by atoms with Crippen molar-refractivity contribution in [2.75, 3.05) is 92.4 Å². The third-order valence-corrected chi connectivity index (χ3v) is 21.2. The molecule has 3 saturated heterocycles. The first-order chi connectivity index (χ1) is 53.7. The topological polar surface area (TPSA) is 193 Å². The minimum absolute atomic E-state index is 0. The molecule has 0 radical (unpaired) electrons. The minimum Gasteiger partial charge on any atom is -0.379 e. The summed E-state index contributed by atoms with van der Waals surface area (Å²) in [6, 6.07) is 24.0. The fourth-order valence-corrected chi connectivity index (χ4v) is 13.9. The molecule has 118 heavy (non-hydrogen) atoms. The van der Waals surface area contributed by atoms with Crippen LogP contribution >= 0.6 is 11.3 Å². The van der Waals surface area contributed by atoms with Crippen LogP contribution in [0, 0.1) is 27.7 Å². The van der Waals surface area contributed by atoms with Crippen LogP contribution in [0.5, 0.6) is 0 Å². The molecular formula is C97H156N14O6S. The van der Waals surface area contributed by atoms with Crippen LogP contribution in [-0.2, 0) is 73.4 Å². The van der Waals surface area contributed by atoms with Gasteiger partial charge in [0.15, 0.2) is 10.9 Å². The zero-order valence-electron chi connectivity index (χ0n) is 77.5. The molecule has 3 aliphatic rings. The zero-order valence-corrected chi connectivity index (χ0v) is 78.3. The molecule has 0 atom stereocenters. The Kier molecular flexibility index (Phi) is 40.0. The van der Waals surface area contributed by atoms with Crippen LogP contribution in [0.2, 0.25) is 0 Å². The largest absolute Gasteiger partial charge is 0.379 e. The third-order valence-electron chi connectivity index (χ3n) is 20.4. The number of likely N-dealkylation sites (N-methyl/N-ethyl adjacent to an activating group) is 1. The summed E-state index contributed by atoms with van der Waals surface area (Å²) in [5, 5.41) is 19.8. The van der Waals surface area contributed by atoms with Gasteiger partial charge in [-0.1, -0.05) is 242 Å². The number of hydrogen-bond donors (Lipinski definition) is 0. The van der Waals surface area contributed by atoms with E-state index in [1.807, 2.05) is 133 Å². The molecule has 2 amide bonds. The number of carbonyl (C=O) groups excluding carboxylic acids is 3. The minimum atomic E-state index is 0. The third kappa shape index (κ3) is 34.1. The number of hydrogen-bond acceptors (Lipinski definition) is 15. The van der Waals surface area contributed by atoms with E-state index in [1.54, 1.807) is 17.5 Å². The highest BCUT2D eigenvalue weighted by atomic mass is 32.1. The molecule has 6 aromatic heterocycles. The van der Waals surface area contributed by atoms with E-state index in [9.17, 15) is 14.4 Å². The van der Waals surface area contributed by atoms with Crippen molar-refractivity contribution in [2.45, 2.75) is 278 Å². The SMILES string of the molecule is C.C.CC(C)(C)c1ccc(C(=O)N2CCOCC2)cc1.CC(C)(C)c1cnn(CCN2CCOCC2)c1.CCCC(=O)c1ccc(C(C)(C)C)cc1.CN1CCN(C(=O)c2ccc(C(C)(C)C)cc2)CC1.Cc1nccn1-c1nc(C(C)(C)C)cs1.Cc1nn(C)cc1C(C)(C)C.Cc1noc(C)c1C(C)(C)C.Cn1cc(C(C)(C)C)cn1. The molecule has 0 spiro atoms. The van der Waals surface area contributed by atoms with Crippen molar-refractivity contribution in [1.29, 1.82) is 0 Å². The molecule has 656 valence electrons. The first kappa shape index (κ1) is 104. The quantitative estimate of drug-likeness (QED) is 0.124. The first-order valence-corrected chi connectivity index (χ1v) is 42.5. The van der Waals surface area contributed by atoms with E-state index in [-0.39, 0.29) is 75.8 Å².